The van der Waals surface area contributed by atoms with E-state index in [0.29, 0.717) is 0 Å². The highest BCUT2D eigenvalue weighted by Crippen LogP contribution is 2.14. The van der Waals surface area contributed by atoms with Gasteiger partial charge in [0.15, 0.2) is 0 Å². The zero-order valence-corrected chi connectivity index (χ0v) is 12.6. The summed E-state index contributed by atoms with van der Waals surface area (Å²) in [6.45, 7) is 1.58. The second kappa shape index (κ2) is 6.91. The molecule has 0 amide bonds. The lowest BCUT2D eigenvalue weighted by Gasteiger charge is -2.16. The van der Waals surface area contributed by atoms with E-state index in [2.05, 4.69) is 21.9 Å². The molecular weight excluding hydrogens is 272 g/mol. The molecule has 0 atom stereocenters. The summed E-state index contributed by atoms with van der Waals surface area (Å²) in [5, 5.41) is 0. The second-order valence-corrected chi connectivity index (χ2v) is 5.22. The van der Waals surface area contributed by atoms with Gasteiger partial charge in [-0.05, 0) is 43.4 Å². The molecule has 3 aromatic heterocycles. The molecule has 0 aliphatic carbocycles. The number of aromatic nitrogens is 3. The molecular formula is C18H18N4. The van der Waals surface area contributed by atoms with E-state index in [1.807, 2.05) is 60.8 Å². The van der Waals surface area contributed by atoms with Crippen LogP contribution in [0.3, 0.4) is 0 Å². The Morgan fingerprint density at radius 2 is 1.41 bits per heavy atom. The van der Waals surface area contributed by atoms with Crippen LogP contribution in [0.1, 0.15) is 11.4 Å². The largest absolute Gasteiger partial charge is 0.295 e. The van der Waals surface area contributed by atoms with Crippen LogP contribution in [0, 0.1) is 0 Å². The van der Waals surface area contributed by atoms with Crippen LogP contribution in [-0.2, 0) is 13.1 Å². The monoisotopic (exact) mass is 290 g/mol. The Kier molecular flexibility index (Phi) is 4.51. The summed E-state index contributed by atoms with van der Waals surface area (Å²) in [7, 11) is 2.07. The van der Waals surface area contributed by atoms with Crippen molar-refractivity contribution in [1.29, 1.82) is 0 Å². The van der Waals surface area contributed by atoms with Crippen LogP contribution in [0.15, 0.2) is 67.0 Å². The summed E-state index contributed by atoms with van der Waals surface area (Å²) in [5.74, 6) is 0. The summed E-state index contributed by atoms with van der Waals surface area (Å²) < 4.78 is 0. The first-order chi connectivity index (χ1) is 10.8. The minimum atomic E-state index is 0.775. The molecule has 3 rings (SSSR count). The maximum absolute atomic E-state index is 4.70. The predicted octanol–water partition coefficient (Wildman–Crippen LogP) is 3.17. The number of pyridine rings is 3. The average Bonchev–Trinajstić information content (AvgIpc) is 2.57. The molecule has 0 fully saturated rings. The van der Waals surface area contributed by atoms with Gasteiger partial charge in [0.1, 0.15) is 0 Å². The van der Waals surface area contributed by atoms with Crippen molar-refractivity contribution in [3.05, 3.63) is 78.4 Å². The summed E-state index contributed by atoms with van der Waals surface area (Å²) in [4.78, 5) is 15.6. The van der Waals surface area contributed by atoms with E-state index in [4.69, 9.17) is 4.98 Å². The van der Waals surface area contributed by atoms with Crippen molar-refractivity contribution in [2.45, 2.75) is 13.1 Å². The molecule has 3 aromatic rings. The smallest absolute Gasteiger partial charge is 0.0890 e. The molecule has 0 aliphatic rings. The standard InChI is InChI=1S/C18H18N4/c1-22(13-15-7-2-4-11-19-15)14-16-8-6-10-18(21-16)17-9-3-5-12-20-17/h2-12H,13-14H2,1H3. The van der Waals surface area contributed by atoms with Crippen LogP contribution in [0.2, 0.25) is 0 Å². The van der Waals surface area contributed by atoms with E-state index in [-0.39, 0.29) is 0 Å². The Morgan fingerprint density at radius 1 is 0.727 bits per heavy atom. The van der Waals surface area contributed by atoms with Gasteiger partial charge in [0.25, 0.3) is 0 Å². The van der Waals surface area contributed by atoms with Gasteiger partial charge in [-0.3, -0.25) is 14.9 Å². The van der Waals surface area contributed by atoms with Gasteiger partial charge in [-0.15, -0.1) is 0 Å². The van der Waals surface area contributed by atoms with Crippen molar-refractivity contribution in [3.8, 4) is 11.4 Å². The number of rotatable bonds is 5. The molecule has 0 unspecified atom stereocenters. The fourth-order valence-corrected chi connectivity index (χ4v) is 2.33. The van der Waals surface area contributed by atoms with E-state index >= 15 is 0 Å². The topological polar surface area (TPSA) is 41.9 Å². The highest BCUT2D eigenvalue weighted by atomic mass is 15.1. The third-order valence-corrected chi connectivity index (χ3v) is 3.32. The third-order valence-electron chi connectivity index (χ3n) is 3.32. The first kappa shape index (κ1) is 14.4. The molecule has 0 N–H and O–H groups in total. The number of hydrogen-bond donors (Lipinski definition) is 0. The third kappa shape index (κ3) is 3.74. The second-order valence-electron chi connectivity index (χ2n) is 5.22. The van der Waals surface area contributed by atoms with Gasteiger partial charge < -0.3 is 0 Å². The van der Waals surface area contributed by atoms with Crippen LogP contribution in [0.4, 0.5) is 0 Å². The molecule has 0 saturated carbocycles. The van der Waals surface area contributed by atoms with E-state index in [0.717, 1.165) is 35.9 Å². The van der Waals surface area contributed by atoms with Crippen molar-refractivity contribution in [2.24, 2.45) is 0 Å². The molecule has 0 saturated heterocycles. The molecule has 110 valence electrons. The van der Waals surface area contributed by atoms with E-state index in [9.17, 15) is 0 Å². The Hall–Kier alpha value is -2.59. The van der Waals surface area contributed by atoms with Crippen molar-refractivity contribution >= 4 is 0 Å². The zero-order chi connectivity index (χ0) is 15.2. The minimum Gasteiger partial charge on any atom is -0.295 e. The van der Waals surface area contributed by atoms with Gasteiger partial charge in [0, 0.05) is 25.5 Å². The molecule has 0 bridgehead atoms. The Balaban J connectivity index is 1.70. The predicted molar refractivity (Wildman–Crippen MR) is 86.9 cm³/mol. The van der Waals surface area contributed by atoms with Gasteiger partial charge in [0.2, 0.25) is 0 Å². The molecule has 0 aromatic carbocycles. The summed E-state index contributed by atoms with van der Waals surface area (Å²) in [6, 6.07) is 17.9. The molecule has 0 aliphatic heterocycles. The minimum absolute atomic E-state index is 0.775. The van der Waals surface area contributed by atoms with Crippen molar-refractivity contribution in [1.82, 2.24) is 19.9 Å². The Bertz CT molecular complexity index is 713. The summed E-state index contributed by atoms with van der Waals surface area (Å²) >= 11 is 0. The van der Waals surface area contributed by atoms with Gasteiger partial charge in [-0.25, -0.2) is 4.98 Å². The quantitative estimate of drug-likeness (QED) is 0.724. The van der Waals surface area contributed by atoms with Gasteiger partial charge >= 0.3 is 0 Å². The van der Waals surface area contributed by atoms with Crippen LogP contribution < -0.4 is 0 Å². The molecule has 22 heavy (non-hydrogen) atoms. The first-order valence-electron chi connectivity index (χ1n) is 7.27. The fraction of sp³-hybridized carbons (Fsp3) is 0.167. The van der Waals surface area contributed by atoms with Gasteiger partial charge in [-0.1, -0.05) is 18.2 Å². The van der Waals surface area contributed by atoms with E-state index in [1.165, 1.54) is 0 Å². The summed E-state index contributed by atoms with van der Waals surface area (Å²) in [5.41, 5.74) is 3.90. The molecule has 4 nitrogen and oxygen atoms in total. The normalized spacial score (nSPS) is 10.8. The highest BCUT2D eigenvalue weighted by Gasteiger charge is 2.06. The van der Waals surface area contributed by atoms with Gasteiger partial charge in [-0.2, -0.15) is 0 Å². The van der Waals surface area contributed by atoms with Crippen LogP contribution in [-0.4, -0.2) is 26.9 Å². The summed E-state index contributed by atoms with van der Waals surface area (Å²) in [6.07, 6.45) is 3.61. The SMILES string of the molecule is CN(Cc1ccccn1)Cc1cccc(-c2ccccn2)n1. The van der Waals surface area contributed by atoms with Crippen molar-refractivity contribution in [2.75, 3.05) is 7.05 Å². The number of hydrogen-bond acceptors (Lipinski definition) is 4. The number of nitrogens with zero attached hydrogens (tertiary/aromatic N) is 4. The van der Waals surface area contributed by atoms with Crippen LogP contribution in [0.5, 0.6) is 0 Å². The maximum Gasteiger partial charge on any atom is 0.0890 e. The Morgan fingerprint density at radius 3 is 2.14 bits per heavy atom. The molecule has 4 heteroatoms. The fourth-order valence-electron chi connectivity index (χ4n) is 2.33. The zero-order valence-electron chi connectivity index (χ0n) is 12.6. The maximum atomic E-state index is 4.70. The average molecular weight is 290 g/mol. The van der Waals surface area contributed by atoms with Crippen molar-refractivity contribution < 1.29 is 0 Å². The Labute approximate surface area is 130 Å². The van der Waals surface area contributed by atoms with Crippen molar-refractivity contribution in [3.63, 3.8) is 0 Å². The lowest BCUT2D eigenvalue weighted by atomic mass is 10.2. The van der Waals surface area contributed by atoms with Gasteiger partial charge in [0.05, 0.1) is 22.8 Å². The molecule has 0 radical (unpaired) electrons. The molecule has 0 spiro atoms. The van der Waals surface area contributed by atoms with E-state index in [1.54, 1.807) is 6.20 Å². The lowest BCUT2D eigenvalue weighted by molar-refractivity contribution is 0.311. The lowest BCUT2D eigenvalue weighted by Crippen LogP contribution is -2.18. The highest BCUT2D eigenvalue weighted by molar-refractivity contribution is 5.53. The van der Waals surface area contributed by atoms with E-state index < -0.39 is 0 Å². The first-order valence-corrected chi connectivity index (χ1v) is 7.27. The van der Waals surface area contributed by atoms with Crippen LogP contribution >= 0.6 is 0 Å². The van der Waals surface area contributed by atoms with Crippen LogP contribution in [0.25, 0.3) is 11.4 Å². The molecule has 3 heterocycles.